The summed E-state index contributed by atoms with van der Waals surface area (Å²) >= 11 is 0.786. The molecule has 1 aromatic carbocycles. The second-order valence-electron chi connectivity index (χ2n) is 2.27. The zero-order valence-corrected chi connectivity index (χ0v) is 8.00. The lowest BCUT2D eigenvalue weighted by Gasteiger charge is -2.02. The first-order chi connectivity index (χ1) is 6.22. The van der Waals surface area contributed by atoms with Gasteiger partial charge in [0.15, 0.2) is 0 Å². The maximum atomic E-state index is 10.3. The summed E-state index contributed by atoms with van der Waals surface area (Å²) in [7, 11) is 0. The first kappa shape index (κ1) is 9.92. The Kier molecular flexibility index (Phi) is 3.64. The fourth-order valence-electron chi connectivity index (χ4n) is 0.871. The molecular formula is C9H10O3S. The number of ether oxygens (including phenoxy) is 1. The average molecular weight is 198 g/mol. The second kappa shape index (κ2) is 4.77. The molecule has 0 amide bonds. The third-order valence-corrected chi connectivity index (χ3v) is 2.02. The summed E-state index contributed by atoms with van der Waals surface area (Å²) in [6.45, 7) is 2.52. The average Bonchev–Trinajstić information content (AvgIpc) is 2.08. The first-order valence-electron chi connectivity index (χ1n) is 3.86. The lowest BCUT2D eigenvalue weighted by Crippen LogP contribution is -1.90. The molecule has 0 aliphatic carbocycles. The summed E-state index contributed by atoms with van der Waals surface area (Å²) in [5, 5.41) is 7.57. The van der Waals surface area contributed by atoms with Crippen LogP contribution in [0.1, 0.15) is 6.92 Å². The highest BCUT2D eigenvalue weighted by Gasteiger charge is 2.00. The molecule has 0 fully saturated rings. The highest BCUT2D eigenvalue weighted by molar-refractivity contribution is 8.13. The normalized spacial score (nSPS) is 9.62. The van der Waals surface area contributed by atoms with E-state index in [1.807, 2.05) is 6.92 Å². The van der Waals surface area contributed by atoms with Crippen LogP contribution in [0.5, 0.6) is 5.75 Å². The van der Waals surface area contributed by atoms with Crippen molar-refractivity contribution in [3.63, 3.8) is 0 Å². The third kappa shape index (κ3) is 3.38. The van der Waals surface area contributed by atoms with Gasteiger partial charge in [-0.25, -0.2) is 4.79 Å². The number of hydrogen-bond acceptors (Lipinski definition) is 3. The number of benzene rings is 1. The quantitative estimate of drug-likeness (QED) is 0.758. The highest BCUT2D eigenvalue weighted by atomic mass is 32.2. The molecule has 3 nitrogen and oxygen atoms in total. The molecule has 0 aliphatic rings. The van der Waals surface area contributed by atoms with E-state index in [4.69, 9.17) is 9.84 Å². The van der Waals surface area contributed by atoms with Crippen molar-refractivity contribution in [1.82, 2.24) is 0 Å². The highest BCUT2D eigenvalue weighted by Crippen LogP contribution is 2.21. The van der Waals surface area contributed by atoms with Crippen LogP contribution in [-0.2, 0) is 0 Å². The van der Waals surface area contributed by atoms with Crippen molar-refractivity contribution in [3.05, 3.63) is 24.3 Å². The van der Waals surface area contributed by atoms with E-state index < -0.39 is 5.30 Å². The SMILES string of the molecule is CCOc1ccc(SC(=O)O)cc1. The van der Waals surface area contributed by atoms with Crippen molar-refractivity contribution in [2.75, 3.05) is 6.61 Å². The smallest absolute Gasteiger partial charge is 0.369 e. The Morgan fingerprint density at radius 3 is 2.54 bits per heavy atom. The van der Waals surface area contributed by atoms with Gasteiger partial charge in [-0.15, -0.1) is 0 Å². The topological polar surface area (TPSA) is 46.5 Å². The van der Waals surface area contributed by atoms with Gasteiger partial charge >= 0.3 is 5.30 Å². The monoisotopic (exact) mass is 198 g/mol. The molecule has 0 atom stereocenters. The van der Waals surface area contributed by atoms with Crippen LogP contribution in [0.3, 0.4) is 0 Å². The van der Waals surface area contributed by atoms with Crippen LogP contribution in [0.4, 0.5) is 4.79 Å². The Bertz CT molecular complexity index is 281. The molecule has 0 heterocycles. The maximum Gasteiger partial charge on any atom is 0.369 e. The fourth-order valence-corrected chi connectivity index (χ4v) is 1.35. The minimum Gasteiger partial charge on any atom is -0.494 e. The van der Waals surface area contributed by atoms with Crippen LogP contribution >= 0.6 is 11.8 Å². The summed E-state index contributed by atoms with van der Waals surface area (Å²) in [6, 6.07) is 6.97. The van der Waals surface area contributed by atoms with Gasteiger partial charge in [-0.3, -0.25) is 0 Å². The first-order valence-corrected chi connectivity index (χ1v) is 4.67. The number of rotatable bonds is 3. The molecule has 0 aromatic heterocycles. The summed E-state index contributed by atoms with van der Waals surface area (Å²) in [5.74, 6) is 0.761. The third-order valence-electron chi connectivity index (χ3n) is 1.34. The van der Waals surface area contributed by atoms with Gasteiger partial charge in [0, 0.05) is 4.90 Å². The number of thioether (sulfide) groups is 1. The number of carboxylic acid groups (broad SMARTS) is 1. The minimum atomic E-state index is -0.899. The van der Waals surface area contributed by atoms with Crippen molar-refractivity contribution in [3.8, 4) is 5.75 Å². The molecule has 70 valence electrons. The van der Waals surface area contributed by atoms with Crippen molar-refractivity contribution in [2.45, 2.75) is 11.8 Å². The van der Waals surface area contributed by atoms with Gasteiger partial charge < -0.3 is 9.84 Å². The molecule has 1 N–H and O–H groups in total. The fraction of sp³-hybridized carbons (Fsp3) is 0.222. The van der Waals surface area contributed by atoms with Gasteiger partial charge in [0.1, 0.15) is 5.75 Å². The lowest BCUT2D eigenvalue weighted by atomic mass is 10.3. The summed E-state index contributed by atoms with van der Waals surface area (Å²) in [5.41, 5.74) is 0. The zero-order chi connectivity index (χ0) is 9.68. The molecule has 13 heavy (non-hydrogen) atoms. The molecule has 4 heteroatoms. The molecule has 0 unspecified atom stereocenters. The molecule has 0 spiro atoms. The van der Waals surface area contributed by atoms with E-state index in [0.29, 0.717) is 11.5 Å². The van der Waals surface area contributed by atoms with Gasteiger partial charge in [-0.05, 0) is 43.0 Å². The largest absolute Gasteiger partial charge is 0.494 e. The van der Waals surface area contributed by atoms with E-state index >= 15 is 0 Å². The molecule has 0 saturated heterocycles. The standard InChI is InChI=1S/C9H10O3S/c1-2-12-7-3-5-8(6-4-7)13-9(10)11/h3-6H,2H2,1H3,(H,10,11). The Hall–Kier alpha value is -1.16. The van der Waals surface area contributed by atoms with Gasteiger partial charge in [-0.1, -0.05) is 0 Å². The summed E-state index contributed by atoms with van der Waals surface area (Å²) in [6.07, 6.45) is 0. The zero-order valence-electron chi connectivity index (χ0n) is 7.19. The molecule has 0 radical (unpaired) electrons. The summed E-state index contributed by atoms with van der Waals surface area (Å²) < 4.78 is 5.21. The predicted molar refractivity (Wildman–Crippen MR) is 51.5 cm³/mol. The van der Waals surface area contributed by atoms with E-state index in [0.717, 1.165) is 17.5 Å². The van der Waals surface area contributed by atoms with E-state index in [9.17, 15) is 4.79 Å². The van der Waals surface area contributed by atoms with Gasteiger partial charge in [0.25, 0.3) is 0 Å². The van der Waals surface area contributed by atoms with E-state index in [-0.39, 0.29) is 0 Å². The molecule has 1 rings (SSSR count). The van der Waals surface area contributed by atoms with Crippen LogP contribution in [-0.4, -0.2) is 17.0 Å². The predicted octanol–water partition coefficient (Wildman–Crippen LogP) is 2.86. The van der Waals surface area contributed by atoms with Gasteiger partial charge in [-0.2, -0.15) is 0 Å². The van der Waals surface area contributed by atoms with E-state index in [2.05, 4.69) is 0 Å². The van der Waals surface area contributed by atoms with Crippen molar-refractivity contribution >= 4 is 17.1 Å². The summed E-state index contributed by atoms with van der Waals surface area (Å²) in [4.78, 5) is 11.0. The molecule has 1 aromatic rings. The van der Waals surface area contributed by atoms with Crippen LogP contribution in [0.2, 0.25) is 0 Å². The maximum absolute atomic E-state index is 10.3. The van der Waals surface area contributed by atoms with Crippen molar-refractivity contribution in [1.29, 1.82) is 0 Å². The number of carbonyl (C=O) groups is 1. The molecule has 0 bridgehead atoms. The Labute approximate surface area is 80.7 Å². The van der Waals surface area contributed by atoms with Crippen LogP contribution in [0, 0.1) is 0 Å². The van der Waals surface area contributed by atoms with Crippen LogP contribution < -0.4 is 4.74 Å². The molecule has 0 aliphatic heterocycles. The van der Waals surface area contributed by atoms with E-state index in [1.54, 1.807) is 24.3 Å². The Balaban J connectivity index is 2.64. The minimum absolute atomic E-state index is 0.616. The van der Waals surface area contributed by atoms with Gasteiger partial charge in [0.05, 0.1) is 6.61 Å². The Morgan fingerprint density at radius 1 is 1.46 bits per heavy atom. The van der Waals surface area contributed by atoms with Crippen LogP contribution in [0.25, 0.3) is 0 Å². The van der Waals surface area contributed by atoms with E-state index in [1.165, 1.54) is 0 Å². The number of hydrogen-bond donors (Lipinski definition) is 1. The lowest BCUT2D eigenvalue weighted by molar-refractivity contribution is 0.222. The molecular weight excluding hydrogens is 188 g/mol. The molecule has 0 saturated carbocycles. The second-order valence-corrected chi connectivity index (χ2v) is 3.30. The van der Waals surface area contributed by atoms with Gasteiger partial charge in [0.2, 0.25) is 0 Å². The van der Waals surface area contributed by atoms with Crippen LogP contribution in [0.15, 0.2) is 29.2 Å². The van der Waals surface area contributed by atoms with Crippen molar-refractivity contribution in [2.24, 2.45) is 0 Å². The Morgan fingerprint density at radius 2 is 2.08 bits per heavy atom. The van der Waals surface area contributed by atoms with Crippen molar-refractivity contribution < 1.29 is 14.6 Å².